The number of fused-ring (bicyclic) bond motifs is 1. The van der Waals surface area contributed by atoms with E-state index < -0.39 is 0 Å². The fourth-order valence-electron chi connectivity index (χ4n) is 4.01. The van der Waals surface area contributed by atoms with E-state index in [1.807, 2.05) is 6.07 Å². The van der Waals surface area contributed by atoms with Gasteiger partial charge >= 0.3 is 0 Å². The molecule has 6 heteroatoms. The number of aliphatic hydroxyl groups excluding tert-OH is 1. The zero-order valence-electron chi connectivity index (χ0n) is 14.2. The molecule has 2 aromatic rings. The predicted octanol–water partition coefficient (Wildman–Crippen LogP) is 3.69. The van der Waals surface area contributed by atoms with Gasteiger partial charge < -0.3 is 15.3 Å². The summed E-state index contributed by atoms with van der Waals surface area (Å²) in [5.74, 6) is 1.76. The van der Waals surface area contributed by atoms with Crippen LogP contribution in [0.1, 0.15) is 42.9 Å². The van der Waals surface area contributed by atoms with Crippen LogP contribution in [0.5, 0.6) is 0 Å². The van der Waals surface area contributed by atoms with Gasteiger partial charge in [0.25, 0.3) is 0 Å². The average molecular weight is 403 g/mol. The van der Waals surface area contributed by atoms with Crippen molar-refractivity contribution in [1.82, 2.24) is 9.97 Å². The first-order chi connectivity index (χ1) is 12.3. The molecule has 2 atom stereocenters. The molecule has 0 saturated carbocycles. The molecule has 1 aromatic heterocycles. The van der Waals surface area contributed by atoms with Crippen molar-refractivity contribution in [3.05, 3.63) is 46.2 Å². The molecule has 2 heterocycles. The SMILES string of the molecule is OCC1CCCCN1c1cc(NC2CCc3c(Br)cccc32)ncn1. The number of nitrogens with zero attached hydrogens (tertiary/aromatic N) is 3. The first-order valence-corrected chi connectivity index (χ1v) is 9.79. The highest BCUT2D eigenvalue weighted by Crippen LogP contribution is 2.37. The lowest BCUT2D eigenvalue weighted by atomic mass is 10.0. The monoisotopic (exact) mass is 402 g/mol. The van der Waals surface area contributed by atoms with Gasteiger partial charge in [-0.1, -0.05) is 28.1 Å². The Balaban J connectivity index is 1.54. The summed E-state index contributed by atoms with van der Waals surface area (Å²) in [5, 5.41) is 13.2. The highest BCUT2D eigenvalue weighted by atomic mass is 79.9. The molecule has 2 unspecified atom stereocenters. The average Bonchev–Trinajstić information content (AvgIpc) is 3.06. The molecular weight excluding hydrogens is 380 g/mol. The highest BCUT2D eigenvalue weighted by Gasteiger charge is 2.26. The Kier molecular flexibility index (Phi) is 4.90. The number of piperidine rings is 1. The number of nitrogens with one attached hydrogen (secondary N) is 1. The summed E-state index contributed by atoms with van der Waals surface area (Å²) in [6.07, 6.45) is 7.11. The van der Waals surface area contributed by atoms with Gasteiger partial charge in [0.15, 0.2) is 0 Å². The lowest BCUT2D eigenvalue weighted by Crippen LogP contribution is -2.42. The molecule has 1 fully saturated rings. The number of hydrogen-bond donors (Lipinski definition) is 2. The lowest BCUT2D eigenvalue weighted by molar-refractivity contribution is 0.239. The highest BCUT2D eigenvalue weighted by molar-refractivity contribution is 9.10. The van der Waals surface area contributed by atoms with Crippen molar-refractivity contribution in [2.75, 3.05) is 23.4 Å². The van der Waals surface area contributed by atoms with Crippen molar-refractivity contribution >= 4 is 27.6 Å². The smallest absolute Gasteiger partial charge is 0.134 e. The molecular formula is C19H23BrN4O. The second-order valence-electron chi connectivity index (χ2n) is 6.83. The second-order valence-corrected chi connectivity index (χ2v) is 7.68. The number of anilines is 2. The largest absolute Gasteiger partial charge is 0.394 e. The molecule has 25 heavy (non-hydrogen) atoms. The normalized spacial score (nSPS) is 22.7. The molecule has 132 valence electrons. The first kappa shape index (κ1) is 16.8. The molecule has 0 spiro atoms. The molecule has 2 aliphatic rings. The summed E-state index contributed by atoms with van der Waals surface area (Å²) in [6, 6.07) is 8.86. The number of benzene rings is 1. The zero-order valence-corrected chi connectivity index (χ0v) is 15.7. The van der Waals surface area contributed by atoms with Gasteiger partial charge in [-0.25, -0.2) is 9.97 Å². The minimum atomic E-state index is 0.166. The maximum Gasteiger partial charge on any atom is 0.134 e. The van der Waals surface area contributed by atoms with Crippen molar-refractivity contribution in [3.8, 4) is 0 Å². The maximum absolute atomic E-state index is 9.65. The van der Waals surface area contributed by atoms with E-state index in [1.165, 1.54) is 22.0 Å². The van der Waals surface area contributed by atoms with E-state index in [0.717, 1.165) is 43.9 Å². The molecule has 1 saturated heterocycles. The van der Waals surface area contributed by atoms with Crippen LogP contribution in [0.3, 0.4) is 0 Å². The molecule has 0 bridgehead atoms. The number of hydrogen-bond acceptors (Lipinski definition) is 5. The Morgan fingerprint density at radius 1 is 1.24 bits per heavy atom. The minimum Gasteiger partial charge on any atom is -0.394 e. The topological polar surface area (TPSA) is 61.3 Å². The van der Waals surface area contributed by atoms with Gasteiger partial charge in [0.05, 0.1) is 18.7 Å². The van der Waals surface area contributed by atoms with Crippen molar-refractivity contribution in [2.24, 2.45) is 0 Å². The third kappa shape index (κ3) is 3.37. The Hall–Kier alpha value is -1.66. The third-order valence-corrected chi connectivity index (χ3v) is 6.06. The Bertz CT molecular complexity index is 754. The Morgan fingerprint density at radius 2 is 2.16 bits per heavy atom. The van der Waals surface area contributed by atoms with Crippen LogP contribution in [0.15, 0.2) is 35.1 Å². The molecule has 0 amide bonds. The van der Waals surface area contributed by atoms with E-state index in [-0.39, 0.29) is 18.7 Å². The maximum atomic E-state index is 9.65. The van der Waals surface area contributed by atoms with Gasteiger partial charge in [0.2, 0.25) is 0 Å². The van der Waals surface area contributed by atoms with Gasteiger partial charge in [-0.3, -0.25) is 0 Å². The Morgan fingerprint density at radius 3 is 3.04 bits per heavy atom. The lowest BCUT2D eigenvalue weighted by Gasteiger charge is -2.35. The molecule has 2 N–H and O–H groups in total. The first-order valence-electron chi connectivity index (χ1n) is 8.99. The van der Waals surface area contributed by atoms with Crippen molar-refractivity contribution in [2.45, 2.75) is 44.2 Å². The van der Waals surface area contributed by atoms with Crippen LogP contribution in [-0.2, 0) is 6.42 Å². The predicted molar refractivity (Wildman–Crippen MR) is 103 cm³/mol. The summed E-state index contributed by atoms with van der Waals surface area (Å²) >= 11 is 3.65. The van der Waals surface area contributed by atoms with Crippen molar-refractivity contribution in [1.29, 1.82) is 0 Å². The summed E-state index contributed by atoms with van der Waals surface area (Å²) in [6.45, 7) is 1.12. The molecule has 1 aliphatic carbocycles. The summed E-state index contributed by atoms with van der Waals surface area (Å²) < 4.78 is 1.19. The fraction of sp³-hybridized carbons (Fsp3) is 0.474. The summed E-state index contributed by atoms with van der Waals surface area (Å²) in [7, 11) is 0. The number of aliphatic hydroxyl groups is 1. The van der Waals surface area contributed by atoms with Crippen LogP contribution < -0.4 is 10.2 Å². The molecule has 5 nitrogen and oxygen atoms in total. The minimum absolute atomic E-state index is 0.166. The molecule has 1 aliphatic heterocycles. The molecule has 1 aromatic carbocycles. The second kappa shape index (κ2) is 7.30. The van der Waals surface area contributed by atoms with Gasteiger partial charge in [-0.15, -0.1) is 0 Å². The number of rotatable bonds is 4. The third-order valence-electron chi connectivity index (χ3n) is 5.32. The van der Waals surface area contributed by atoms with Crippen LogP contribution in [-0.4, -0.2) is 34.3 Å². The van der Waals surface area contributed by atoms with Crippen molar-refractivity contribution in [3.63, 3.8) is 0 Å². The van der Waals surface area contributed by atoms with E-state index in [1.54, 1.807) is 6.33 Å². The van der Waals surface area contributed by atoms with Gasteiger partial charge in [0, 0.05) is 17.1 Å². The quantitative estimate of drug-likeness (QED) is 0.816. The Labute approximate surface area is 156 Å². The van der Waals surface area contributed by atoms with Crippen molar-refractivity contribution < 1.29 is 5.11 Å². The standard InChI is InChI=1S/C19H23BrN4O/c20-16-6-3-5-15-14(16)7-8-17(15)23-18-10-19(22-12-21-18)24-9-2-1-4-13(24)11-25/h3,5-6,10,12-13,17,25H,1-2,4,7-9,11H2,(H,21,22,23). The van der Waals surface area contributed by atoms with E-state index in [2.05, 4.69) is 54.3 Å². The van der Waals surface area contributed by atoms with E-state index >= 15 is 0 Å². The summed E-state index contributed by atoms with van der Waals surface area (Å²) in [5.41, 5.74) is 2.74. The number of aromatic nitrogens is 2. The van der Waals surface area contributed by atoms with Gasteiger partial charge in [0.1, 0.15) is 18.0 Å². The van der Waals surface area contributed by atoms with E-state index in [9.17, 15) is 5.11 Å². The fourth-order valence-corrected chi connectivity index (χ4v) is 4.59. The van der Waals surface area contributed by atoms with Crippen LogP contribution in [0.2, 0.25) is 0 Å². The zero-order chi connectivity index (χ0) is 17.2. The van der Waals surface area contributed by atoms with Crippen LogP contribution in [0.25, 0.3) is 0 Å². The molecule has 0 radical (unpaired) electrons. The molecule has 4 rings (SSSR count). The van der Waals surface area contributed by atoms with Crippen LogP contribution in [0, 0.1) is 0 Å². The van der Waals surface area contributed by atoms with Crippen LogP contribution >= 0.6 is 15.9 Å². The van der Waals surface area contributed by atoms with Crippen LogP contribution in [0.4, 0.5) is 11.6 Å². The van der Waals surface area contributed by atoms with E-state index in [0.29, 0.717) is 0 Å². The summed E-state index contributed by atoms with van der Waals surface area (Å²) in [4.78, 5) is 11.1. The van der Waals surface area contributed by atoms with E-state index in [4.69, 9.17) is 0 Å². The van der Waals surface area contributed by atoms with Gasteiger partial charge in [-0.05, 0) is 49.3 Å². The number of halogens is 1. The van der Waals surface area contributed by atoms with Gasteiger partial charge in [-0.2, -0.15) is 0 Å².